The smallest absolute Gasteiger partial charge is 0.315 e. The number of esters is 2. The highest BCUT2D eigenvalue weighted by atomic mass is 16.6. The Morgan fingerprint density at radius 1 is 0.476 bits per heavy atom. The molecule has 0 saturated heterocycles. The highest BCUT2D eigenvalue weighted by molar-refractivity contribution is 5.96. The predicted octanol–water partition coefficient (Wildman–Crippen LogP) is 6.14. The molecule has 0 amide bonds. The second kappa shape index (κ2) is 12.2. The van der Waals surface area contributed by atoms with E-state index in [1.165, 1.54) is 48.5 Å². The van der Waals surface area contributed by atoms with Crippen molar-refractivity contribution in [3.05, 3.63) is 120 Å². The molecule has 5 aromatic rings. The Labute approximate surface area is 241 Å². The first-order valence-corrected chi connectivity index (χ1v) is 13.0. The molecule has 5 rings (SSSR count). The summed E-state index contributed by atoms with van der Waals surface area (Å²) in [6.07, 6.45) is -0.262. The molecule has 0 atom stereocenters. The van der Waals surface area contributed by atoms with Gasteiger partial charge in [-0.25, -0.2) is 0 Å². The molecule has 0 aliphatic rings. The summed E-state index contributed by atoms with van der Waals surface area (Å²) in [5.74, 6) is -3.45. The van der Waals surface area contributed by atoms with E-state index in [0.717, 1.165) is 0 Å². The second-order valence-electron chi connectivity index (χ2n) is 9.47. The molecule has 4 N–H and O–H groups in total. The van der Waals surface area contributed by atoms with Gasteiger partial charge in [0.05, 0.1) is 24.0 Å². The molecule has 0 aliphatic carbocycles. The summed E-state index contributed by atoms with van der Waals surface area (Å²) in [5, 5.41) is 42.7. The minimum Gasteiger partial charge on any atom is -0.508 e. The van der Waals surface area contributed by atoms with Gasteiger partial charge in [-0.2, -0.15) is 0 Å². The summed E-state index contributed by atoms with van der Waals surface area (Å²) < 4.78 is 11.5. The third-order valence-electron chi connectivity index (χ3n) is 6.48. The largest absolute Gasteiger partial charge is 0.508 e. The standard InChI is InChI=1S/C34H26O8/c35-25-15-11-23(12-16-25)29-31(39)33(41-27(37)19-21-7-3-1-4-8-21)30(24-13-17-26(36)18-14-24)34(32(29)40)42-28(38)20-22-9-5-2-6-10-22/h1-18,35-36,39-40H,19-20H2. The van der Waals surface area contributed by atoms with Crippen molar-refractivity contribution < 1.29 is 39.5 Å². The van der Waals surface area contributed by atoms with Gasteiger partial charge in [-0.1, -0.05) is 84.9 Å². The molecule has 8 heteroatoms. The molecule has 0 bridgehead atoms. The summed E-state index contributed by atoms with van der Waals surface area (Å²) in [6.45, 7) is 0. The van der Waals surface area contributed by atoms with E-state index < -0.39 is 23.4 Å². The van der Waals surface area contributed by atoms with E-state index in [1.807, 2.05) is 12.1 Å². The Balaban J connectivity index is 1.69. The van der Waals surface area contributed by atoms with E-state index >= 15 is 0 Å². The lowest BCUT2D eigenvalue weighted by molar-refractivity contribution is -0.134. The average Bonchev–Trinajstić information content (AvgIpc) is 2.98. The van der Waals surface area contributed by atoms with Crippen molar-refractivity contribution >= 4 is 11.9 Å². The monoisotopic (exact) mass is 562 g/mol. The van der Waals surface area contributed by atoms with Gasteiger partial charge in [-0.15, -0.1) is 0 Å². The number of rotatable bonds is 8. The molecule has 0 fully saturated rings. The van der Waals surface area contributed by atoms with Gasteiger partial charge in [0.15, 0.2) is 23.0 Å². The fraction of sp³-hybridized carbons (Fsp3) is 0.0588. The lowest BCUT2D eigenvalue weighted by Gasteiger charge is -2.21. The third kappa shape index (κ3) is 6.18. The van der Waals surface area contributed by atoms with Crippen LogP contribution < -0.4 is 9.47 Å². The van der Waals surface area contributed by atoms with Gasteiger partial charge in [0.2, 0.25) is 0 Å². The SMILES string of the molecule is O=C(Cc1ccccc1)Oc1c(O)c(-c2ccc(O)cc2)c(O)c(OC(=O)Cc2ccccc2)c1-c1ccc(O)cc1. The molecule has 0 radical (unpaired) electrons. The van der Waals surface area contributed by atoms with E-state index in [-0.39, 0.29) is 58.1 Å². The van der Waals surface area contributed by atoms with Crippen molar-refractivity contribution in [1.82, 2.24) is 0 Å². The quantitative estimate of drug-likeness (QED) is 0.131. The molecular weight excluding hydrogens is 536 g/mol. The van der Waals surface area contributed by atoms with Gasteiger partial charge in [0, 0.05) is 0 Å². The van der Waals surface area contributed by atoms with Gasteiger partial charge in [0.25, 0.3) is 0 Å². The van der Waals surface area contributed by atoms with Crippen molar-refractivity contribution in [2.75, 3.05) is 0 Å². The summed E-state index contributed by atoms with van der Waals surface area (Å²) in [7, 11) is 0. The molecule has 42 heavy (non-hydrogen) atoms. The zero-order valence-corrected chi connectivity index (χ0v) is 22.2. The van der Waals surface area contributed by atoms with Crippen LogP contribution >= 0.6 is 0 Å². The van der Waals surface area contributed by atoms with Crippen molar-refractivity contribution in [3.63, 3.8) is 0 Å². The van der Waals surface area contributed by atoms with Gasteiger partial charge >= 0.3 is 11.9 Å². The number of carbonyl (C=O) groups is 2. The summed E-state index contributed by atoms with van der Waals surface area (Å²) in [5.41, 5.74) is 1.61. The van der Waals surface area contributed by atoms with E-state index in [4.69, 9.17) is 9.47 Å². The number of phenols is 4. The third-order valence-corrected chi connectivity index (χ3v) is 6.48. The first-order valence-electron chi connectivity index (χ1n) is 13.0. The minimum absolute atomic E-state index is 0.0533. The number of benzene rings is 5. The van der Waals surface area contributed by atoms with E-state index in [2.05, 4.69) is 0 Å². The zero-order chi connectivity index (χ0) is 29.6. The van der Waals surface area contributed by atoms with Crippen LogP contribution in [0, 0.1) is 0 Å². The van der Waals surface area contributed by atoms with E-state index in [1.54, 1.807) is 48.5 Å². The first-order chi connectivity index (χ1) is 20.3. The maximum absolute atomic E-state index is 13.1. The Hall–Kier alpha value is -5.76. The zero-order valence-electron chi connectivity index (χ0n) is 22.2. The molecule has 8 nitrogen and oxygen atoms in total. The first kappa shape index (κ1) is 27.8. The van der Waals surface area contributed by atoms with Crippen LogP contribution in [0.3, 0.4) is 0 Å². The van der Waals surface area contributed by atoms with E-state index in [0.29, 0.717) is 11.1 Å². The van der Waals surface area contributed by atoms with Crippen LogP contribution in [-0.2, 0) is 22.4 Å². The highest BCUT2D eigenvalue weighted by Crippen LogP contribution is 2.56. The maximum atomic E-state index is 13.1. The molecular formula is C34H26O8. The second-order valence-corrected chi connectivity index (χ2v) is 9.47. The highest BCUT2D eigenvalue weighted by Gasteiger charge is 2.31. The van der Waals surface area contributed by atoms with Gasteiger partial charge in [0.1, 0.15) is 11.5 Å². The molecule has 210 valence electrons. The fourth-order valence-electron chi connectivity index (χ4n) is 4.49. The van der Waals surface area contributed by atoms with Crippen molar-refractivity contribution in [1.29, 1.82) is 0 Å². The lowest BCUT2D eigenvalue weighted by Crippen LogP contribution is -2.15. The number of carbonyl (C=O) groups excluding carboxylic acids is 2. The predicted molar refractivity (Wildman–Crippen MR) is 156 cm³/mol. The fourth-order valence-corrected chi connectivity index (χ4v) is 4.49. The Morgan fingerprint density at radius 2 is 0.833 bits per heavy atom. The Morgan fingerprint density at radius 3 is 1.21 bits per heavy atom. The van der Waals surface area contributed by atoms with Crippen LogP contribution in [0.4, 0.5) is 0 Å². The molecule has 0 unspecified atom stereocenters. The molecule has 5 aromatic carbocycles. The molecule has 0 aromatic heterocycles. The van der Waals surface area contributed by atoms with Gasteiger partial charge < -0.3 is 29.9 Å². The van der Waals surface area contributed by atoms with Crippen LogP contribution in [0.1, 0.15) is 11.1 Å². The number of aromatic hydroxyl groups is 4. The number of ether oxygens (including phenoxy) is 2. The maximum Gasteiger partial charge on any atom is 0.315 e. The molecule has 0 spiro atoms. The minimum atomic E-state index is -0.722. The summed E-state index contributed by atoms with van der Waals surface area (Å²) in [6, 6.07) is 28.9. The van der Waals surface area contributed by atoms with E-state index in [9.17, 15) is 30.0 Å². The van der Waals surface area contributed by atoms with Crippen LogP contribution in [0.5, 0.6) is 34.5 Å². The van der Waals surface area contributed by atoms with Crippen LogP contribution in [0.15, 0.2) is 109 Å². The normalized spacial score (nSPS) is 10.7. The number of phenolic OH excluding ortho intramolecular Hbond substituents is 4. The average molecular weight is 563 g/mol. The van der Waals surface area contributed by atoms with Gasteiger partial charge in [-0.3, -0.25) is 9.59 Å². The van der Waals surface area contributed by atoms with Crippen molar-refractivity contribution in [2.45, 2.75) is 12.8 Å². The topological polar surface area (TPSA) is 134 Å². The van der Waals surface area contributed by atoms with Crippen LogP contribution in [0.2, 0.25) is 0 Å². The summed E-state index contributed by atoms with van der Waals surface area (Å²) >= 11 is 0. The van der Waals surface area contributed by atoms with Crippen molar-refractivity contribution in [3.8, 4) is 56.8 Å². The lowest BCUT2D eigenvalue weighted by atomic mass is 9.95. The van der Waals surface area contributed by atoms with Crippen LogP contribution in [0.25, 0.3) is 22.3 Å². The molecule has 0 saturated carbocycles. The van der Waals surface area contributed by atoms with Crippen molar-refractivity contribution in [2.24, 2.45) is 0 Å². The van der Waals surface area contributed by atoms with Crippen LogP contribution in [-0.4, -0.2) is 32.4 Å². The Kier molecular flexibility index (Phi) is 8.06. The van der Waals surface area contributed by atoms with Gasteiger partial charge in [-0.05, 0) is 46.5 Å². The summed E-state index contributed by atoms with van der Waals surface area (Å²) in [4.78, 5) is 26.3. The molecule has 0 aliphatic heterocycles. The Bertz CT molecular complexity index is 1630. The number of hydrogen-bond donors (Lipinski definition) is 4. The number of hydrogen-bond acceptors (Lipinski definition) is 8. The molecule has 0 heterocycles.